The predicted octanol–water partition coefficient (Wildman–Crippen LogP) is 4.01. The summed E-state index contributed by atoms with van der Waals surface area (Å²) in [5.74, 6) is 0.919. The summed E-state index contributed by atoms with van der Waals surface area (Å²) in [6.07, 6.45) is 9.49. The fraction of sp³-hybridized carbons (Fsp3) is 0.467. The molecule has 0 spiro atoms. The second kappa shape index (κ2) is 6.75. The molecule has 0 N–H and O–H groups in total. The number of rotatable bonds is 4. The molecular formula is C15H21NS. The van der Waals surface area contributed by atoms with Crippen LogP contribution in [0.25, 0.3) is 6.08 Å². The highest BCUT2D eigenvalue weighted by atomic mass is 32.1. The van der Waals surface area contributed by atoms with Crippen molar-refractivity contribution in [2.24, 2.45) is 0 Å². The molecule has 2 rings (SSSR count). The summed E-state index contributed by atoms with van der Waals surface area (Å²) < 4.78 is 0. The summed E-state index contributed by atoms with van der Waals surface area (Å²) in [6, 6.07) is 8.84. The molecule has 1 aliphatic heterocycles. The Morgan fingerprint density at radius 2 is 2.00 bits per heavy atom. The highest BCUT2D eigenvalue weighted by molar-refractivity contribution is 7.80. The average Bonchev–Trinajstić information content (AvgIpc) is 2.41. The Hall–Kier alpha value is -0.890. The van der Waals surface area contributed by atoms with Gasteiger partial charge in [0.2, 0.25) is 0 Å². The van der Waals surface area contributed by atoms with Gasteiger partial charge >= 0.3 is 0 Å². The molecule has 1 nitrogen and oxygen atoms in total. The molecular weight excluding hydrogens is 226 g/mol. The lowest BCUT2D eigenvalue weighted by molar-refractivity contribution is 0.578. The molecule has 1 fully saturated rings. The van der Waals surface area contributed by atoms with Crippen molar-refractivity contribution >= 4 is 24.4 Å². The maximum absolute atomic E-state index is 4.21. The first-order chi connectivity index (χ1) is 8.40. The van der Waals surface area contributed by atoms with E-state index in [1.165, 1.54) is 43.6 Å². The van der Waals surface area contributed by atoms with Crippen molar-refractivity contribution in [2.75, 3.05) is 23.7 Å². The first-order valence-corrected chi connectivity index (χ1v) is 7.16. The van der Waals surface area contributed by atoms with Crippen LogP contribution >= 0.6 is 12.6 Å². The zero-order chi connectivity index (χ0) is 11.9. The zero-order valence-corrected chi connectivity index (χ0v) is 11.2. The Bertz CT molecular complexity index is 367. The lowest BCUT2D eigenvalue weighted by atomic mass is 10.1. The van der Waals surface area contributed by atoms with E-state index in [2.05, 4.69) is 53.9 Å². The van der Waals surface area contributed by atoms with Crippen LogP contribution in [0.3, 0.4) is 0 Å². The van der Waals surface area contributed by atoms with Crippen molar-refractivity contribution in [1.82, 2.24) is 0 Å². The Balaban J connectivity index is 2.05. The van der Waals surface area contributed by atoms with E-state index in [0.29, 0.717) is 0 Å². The van der Waals surface area contributed by atoms with E-state index < -0.39 is 0 Å². The molecule has 0 atom stereocenters. The second-order valence-electron chi connectivity index (χ2n) is 4.56. The van der Waals surface area contributed by atoms with Crippen LogP contribution in [0, 0.1) is 0 Å². The van der Waals surface area contributed by atoms with Gasteiger partial charge in [0, 0.05) is 18.8 Å². The molecule has 1 aliphatic rings. The molecule has 0 saturated carbocycles. The molecule has 0 unspecified atom stereocenters. The van der Waals surface area contributed by atoms with Crippen molar-refractivity contribution in [1.29, 1.82) is 0 Å². The molecule has 0 aliphatic carbocycles. The smallest absolute Gasteiger partial charge is 0.0372 e. The summed E-state index contributed by atoms with van der Waals surface area (Å²) in [4.78, 5) is 2.50. The highest BCUT2D eigenvalue weighted by Crippen LogP contribution is 2.21. The molecule has 0 radical (unpaired) electrons. The van der Waals surface area contributed by atoms with Gasteiger partial charge in [0.25, 0.3) is 0 Å². The van der Waals surface area contributed by atoms with E-state index in [9.17, 15) is 0 Å². The van der Waals surface area contributed by atoms with Crippen LogP contribution in [0.4, 0.5) is 5.69 Å². The number of anilines is 1. The van der Waals surface area contributed by atoms with Gasteiger partial charge in [-0.2, -0.15) is 12.6 Å². The number of nitrogens with zero attached hydrogens (tertiary/aromatic N) is 1. The van der Waals surface area contributed by atoms with Crippen molar-refractivity contribution in [3.8, 4) is 0 Å². The maximum atomic E-state index is 4.21. The first kappa shape index (κ1) is 12.6. The van der Waals surface area contributed by atoms with Crippen LogP contribution in [-0.2, 0) is 0 Å². The fourth-order valence-corrected chi connectivity index (χ4v) is 2.42. The summed E-state index contributed by atoms with van der Waals surface area (Å²) in [7, 11) is 0. The molecule has 1 aromatic rings. The molecule has 1 heterocycles. The van der Waals surface area contributed by atoms with Crippen LogP contribution < -0.4 is 4.90 Å². The van der Waals surface area contributed by atoms with Crippen LogP contribution in [0.15, 0.2) is 30.3 Å². The van der Waals surface area contributed by atoms with Gasteiger partial charge in [-0.05, 0) is 49.1 Å². The van der Waals surface area contributed by atoms with Crippen LogP contribution in [0.1, 0.15) is 31.2 Å². The van der Waals surface area contributed by atoms with Crippen molar-refractivity contribution in [3.63, 3.8) is 0 Å². The first-order valence-electron chi connectivity index (χ1n) is 6.52. The van der Waals surface area contributed by atoms with Gasteiger partial charge in [-0.3, -0.25) is 0 Å². The van der Waals surface area contributed by atoms with E-state index in [1.807, 2.05) is 0 Å². The molecule has 1 aromatic carbocycles. The van der Waals surface area contributed by atoms with Gasteiger partial charge < -0.3 is 4.90 Å². The number of thiol groups is 1. The van der Waals surface area contributed by atoms with E-state index >= 15 is 0 Å². The van der Waals surface area contributed by atoms with Gasteiger partial charge in [0.05, 0.1) is 0 Å². The molecule has 0 amide bonds. The molecule has 0 aromatic heterocycles. The lowest BCUT2D eigenvalue weighted by Gasteiger charge is -2.29. The highest BCUT2D eigenvalue weighted by Gasteiger charge is 2.10. The SMILES string of the molecule is SCCC=Cc1cccc(N2CCCCC2)c1. The second-order valence-corrected chi connectivity index (χ2v) is 5.00. The quantitative estimate of drug-likeness (QED) is 0.787. The Labute approximate surface area is 110 Å². The molecule has 2 heteroatoms. The minimum atomic E-state index is 0.919. The largest absolute Gasteiger partial charge is 0.372 e. The predicted molar refractivity (Wildman–Crippen MR) is 80.0 cm³/mol. The van der Waals surface area contributed by atoms with Crippen molar-refractivity contribution in [2.45, 2.75) is 25.7 Å². The van der Waals surface area contributed by atoms with Gasteiger partial charge in [-0.1, -0.05) is 24.3 Å². The van der Waals surface area contributed by atoms with Crippen molar-refractivity contribution in [3.05, 3.63) is 35.9 Å². The number of allylic oxidation sites excluding steroid dienone is 1. The third-order valence-electron chi connectivity index (χ3n) is 3.20. The topological polar surface area (TPSA) is 3.24 Å². The van der Waals surface area contributed by atoms with Crippen LogP contribution in [-0.4, -0.2) is 18.8 Å². The number of hydrogen-bond donors (Lipinski definition) is 1. The Morgan fingerprint density at radius 1 is 1.18 bits per heavy atom. The Kier molecular flexibility index (Phi) is 4.99. The summed E-state index contributed by atoms with van der Waals surface area (Å²) in [5, 5.41) is 0. The van der Waals surface area contributed by atoms with E-state index in [0.717, 1.165) is 12.2 Å². The summed E-state index contributed by atoms with van der Waals surface area (Å²) in [5.41, 5.74) is 2.67. The zero-order valence-electron chi connectivity index (χ0n) is 10.3. The average molecular weight is 247 g/mol. The third-order valence-corrected chi connectivity index (χ3v) is 3.46. The molecule has 0 bridgehead atoms. The van der Waals surface area contributed by atoms with E-state index in [1.54, 1.807) is 0 Å². The van der Waals surface area contributed by atoms with Gasteiger partial charge in [-0.25, -0.2) is 0 Å². The lowest BCUT2D eigenvalue weighted by Crippen LogP contribution is -2.29. The van der Waals surface area contributed by atoms with Gasteiger partial charge in [0.15, 0.2) is 0 Å². The summed E-state index contributed by atoms with van der Waals surface area (Å²) >= 11 is 4.21. The van der Waals surface area contributed by atoms with Crippen LogP contribution in [0.5, 0.6) is 0 Å². The number of hydrogen-bond acceptors (Lipinski definition) is 2. The van der Waals surface area contributed by atoms with E-state index in [4.69, 9.17) is 0 Å². The number of benzene rings is 1. The van der Waals surface area contributed by atoms with E-state index in [-0.39, 0.29) is 0 Å². The minimum Gasteiger partial charge on any atom is -0.372 e. The third kappa shape index (κ3) is 3.81. The monoisotopic (exact) mass is 247 g/mol. The normalized spacial score (nSPS) is 16.6. The van der Waals surface area contributed by atoms with Gasteiger partial charge in [0.1, 0.15) is 0 Å². The molecule has 92 valence electrons. The minimum absolute atomic E-state index is 0.919. The number of piperidine rings is 1. The summed E-state index contributed by atoms with van der Waals surface area (Å²) in [6.45, 7) is 2.42. The Morgan fingerprint density at radius 3 is 2.76 bits per heavy atom. The fourth-order valence-electron chi connectivity index (χ4n) is 2.27. The van der Waals surface area contributed by atoms with Gasteiger partial charge in [-0.15, -0.1) is 0 Å². The molecule has 17 heavy (non-hydrogen) atoms. The standard InChI is InChI=1S/C15H21NS/c17-12-5-2-7-14-8-6-9-15(13-14)16-10-3-1-4-11-16/h2,6-9,13,17H,1,3-5,10-12H2. The molecule has 1 saturated heterocycles. The van der Waals surface area contributed by atoms with Crippen molar-refractivity contribution < 1.29 is 0 Å². The van der Waals surface area contributed by atoms with Crippen LogP contribution in [0.2, 0.25) is 0 Å². The maximum Gasteiger partial charge on any atom is 0.0372 e.